The molecule has 0 amide bonds. The second-order valence-electron chi connectivity index (χ2n) is 3.26. The molecule has 1 aliphatic rings. The fraction of sp³-hybridized carbons (Fsp3) is 0.300. The molecule has 5 nitrogen and oxygen atoms in total. The predicted molar refractivity (Wildman–Crippen MR) is 60.6 cm³/mol. The first-order chi connectivity index (χ1) is 7.79. The molecule has 0 radical (unpaired) electrons. The predicted octanol–water partition coefficient (Wildman–Crippen LogP) is 0.924. The van der Waals surface area contributed by atoms with Gasteiger partial charge in [-0.05, 0) is 23.2 Å². The van der Waals surface area contributed by atoms with Gasteiger partial charge in [0.15, 0.2) is 0 Å². The molecule has 0 N–H and O–H groups in total. The maximum Gasteiger partial charge on any atom is 0.325 e. The summed E-state index contributed by atoms with van der Waals surface area (Å²) in [6, 6.07) is 0. The van der Waals surface area contributed by atoms with Crippen LogP contribution in [0.3, 0.4) is 0 Å². The van der Waals surface area contributed by atoms with Crippen molar-refractivity contribution >= 4 is 23.1 Å². The highest BCUT2D eigenvalue weighted by Gasteiger charge is 2.11. The lowest BCUT2D eigenvalue weighted by Gasteiger charge is -2.20. The van der Waals surface area contributed by atoms with Gasteiger partial charge in [0.1, 0.15) is 6.54 Å². The summed E-state index contributed by atoms with van der Waals surface area (Å²) in [5.74, 6) is -0.235. The van der Waals surface area contributed by atoms with E-state index in [0.29, 0.717) is 6.54 Å². The van der Waals surface area contributed by atoms with Crippen LogP contribution in [0.5, 0.6) is 0 Å². The maximum atomic E-state index is 11.1. The van der Waals surface area contributed by atoms with Crippen LogP contribution in [0.25, 0.3) is 5.57 Å². The van der Waals surface area contributed by atoms with Crippen LogP contribution in [0.2, 0.25) is 0 Å². The summed E-state index contributed by atoms with van der Waals surface area (Å²) in [4.78, 5) is 14.0. The summed E-state index contributed by atoms with van der Waals surface area (Å²) in [6.45, 7) is 0.969. The van der Waals surface area contributed by atoms with Gasteiger partial charge in [-0.15, -0.1) is 5.10 Å². The Labute approximate surface area is 97.2 Å². The van der Waals surface area contributed by atoms with Crippen LogP contribution >= 0.6 is 11.5 Å². The van der Waals surface area contributed by atoms with Gasteiger partial charge in [0.25, 0.3) is 0 Å². The second kappa shape index (κ2) is 4.89. The van der Waals surface area contributed by atoms with Gasteiger partial charge in [0.05, 0.1) is 18.2 Å². The largest absolute Gasteiger partial charge is 0.468 e. The number of carbonyl (C=O) groups excluding carboxylic acids is 1. The number of hydrogen-bond donors (Lipinski definition) is 0. The third-order valence-corrected chi connectivity index (χ3v) is 2.93. The van der Waals surface area contributed by atoms with Gasteiger partial charge in [-0.1, -0.05) is 10.6 Å². The highest BCUT2D eigenvalue weighted by atomic mass is 32.1. The number of rotatable bonds is 3. The van der Waals surface area contributed by atoms with Crippen LogP contribution in [0.15, 0.2) is 24.5 Å². The van der Waals surface area contributed by atoms with Crippen LogP contribution < -0.4 is 0 Å². The van der Waals surface area contributed by atoms with E-state index in [2.05, 4.69) is 14.3 Å². The van der Waals surface area contributed by atoms with Crippen molar-refractivity contribution in [1.82, 2.24) is 14.5 Å². The molecule has 0 atom stereocenters. The van der Waals surface area contributed by atoms with Crippen LogP contribution in [0.1, 0.15) is 4.88 Å². The molecule has 16 heavy (non-hydrogen) atoms. The number of methoxy groups -OCH3 is 1. The Morgan fingerprint density at radius 3 is 3.12 bits per heavy atom. The van der Waals surface area contributed by atoms with E-state index in [-0.39, 0.29) is 12.5 Å². The molecule has 2 rings (SSSR count). The van der Waals surface area contributed by atoms with E-state index >= 15 is 0 Å². The van der Waals surface area contributed by atoms with Crippen molar-refractivity contribution in [3.05, 3.63) is 29.4 Å². The number of nitrogens with zero attached hydrogens (tertiary/aromatic N) is 3. The fourth-order valence-corrected chi connectivity index (χ4v) is 1.89. The molecule has 0 fully saturated rings. The Bertz CT molecular complexity index is 425. The van der Waals surface area contributed by atoms with Gasteiger partial charge in [0.2, 0.25) is 0 Å². The number of ether oxygens (including phenoxy) is 1. The topological polar surface area (TPSA) is 55.3 Å². The summed E-state index contributed by atoms with van der Waals surface area (Å²) in [5, 5.41) is 3.78. The summed E-state index contributed by atoms with van der Waals surface area (Å²) in [5.41, 5.74) is 1.09. The van der Waals surface area contributed by atoms with E-state index in [0.717, 1.165) is 10.5 Å². The van der Waals surface area contributed by atoms with E-state index in [9.17, 15) is 4.79 Å². The Hall–Kier alpha value is -1.69. The lowest BCUT2D eigenvalue weighted by atomic mass is 10.1. The van der Waals surface area contributed by atoms with E-state index in [4.69, 9.17) is 0 Å². The first-order valence-corrected chi connectivity index (χ1v) is 5.54. The molecule has 0 aliphatic carbocycles. The second-order valence-corrected chi connectivity index (χ2v) is 4.05. The SMILES string of the molecule is COC(=O)CN1C=CC(c2cnns2)=CC1. The molecule has 0 saturated carbocycles. The van der Waals surface area contributed by atoms with Gasteiger partial charge >= 0.3 is 5.97 Å². The zero-order valence-electron chi connectivity index (χ0n) is 8.79. The average Bonchev–Trinajstić information content (AvgIpc) is 2.83. The van der Waals surface area contributed by atoms with Crippen molar-refractivity contribution in [2.24, 2.45) is 0 Å². The molecule has 84 valence electrons. The van der Waals surface area contributed by atoms with E-state index in [1.54, 1.807) is 6.20 Å². The lowest BCUT2D eigenvalue weighted by Crippen LogP contribution is -2.27. The molecule has 2 heterocycles. The first kappa shape index (κ1) is 10.8. The van der Waals surface area contributed by atoms with Gasteiger partial charge in [-0.25, -0.2) is 0 Å². The summed E-state index contributed by atoms with van der Waals surface area (Å²) < 4.78 is 8.41. The minimum Gasteiger partial charge on any atom is -0.468 e. The van der Waals surface area contributed by atoms with Crippen LogP contribution in [-0.2, 0) is 9.53 Å². The van der Waals surface area contributed by atoms with E-state index in [1.807, 2.05) is 23.3 Å². The number of aromatic nitrogens is 2. The molecule has 1 aromatic heterocycles. The van der Waals surface area contributed by atoms with Gasteiger partial charge < -0.3 is 9.64 Å². The average molecular weight is 237 g/mol. The minimum absolute atomic E-state index is 0.235. The molecular weight excluding hydrogens is 226 g/mol. The van der Waals surface area contributed by atoms with Crippen molar-refractivity contribution in [3.63, 3.8) is 0 Å². The monoisotopic (exact) mass is 237 g/mol. The van der Waals surface area contributed by atoms with Gasteiger partial charge in [-0.3, -0.25) is 4.79 Å². The van der Waals surface area contributed by atoms with E-state index in [1.165, 1.54) is 18.6 Å². The summed E-state index contributed by atoms with van der Waals surface area (Å²) >= 11 is 1.36. The van der Waals surface area contributed by atoms with Gasteiger partial charge in [-0.2, -0.15) is 0 Å². The Kier molecular flexibility index (Phi) is 3.31. The molecule has 1 aliphatic heterocycles. The Morgan fingerprint density at radius 1 is 1.69 bits per heavy atom. The van der Waals surface area contributed by atoms with Crippen molar-refractivity contribution in [2.45, 2.75) is 0 Å². The summed E-state index contributed by atoms with van der Waals surface area (Å²) in [6.07, 6.45) is 7.60. The maximum absolute atomic E-state index is 11.1. The normalized spacial score (nSPS) is 14.8. The van der Waals surface area contributed by atoms with Crippen molar-refractivity contribution < 1.29 is 9.53 Å². The third kappa shape index (κ3) is 2.46. The fourth-order valence-electron chi connectivity index (χ4n) is 1.35. The van der Waals surface area contributed by atoms with Crippen molar-refractivity contribution in [1.29, 1.82) is 0 Å². The number of allylic oxidation sites excluding steroid dienone is 2. The molecule has 1 aromatic rings. The number of carbonyl (C=O) groups is 1. The number of hydrogen-bond acceptors (Lipinski definition) is 6. The molecular formula is C10H11N3O2S. The summed E-state index contributed by atoms with van der Waals surface area (Å²) in [7, 11) is 1.39. The highest BCUT2D eigenvalue weighted by molar-refractivity contribution is 7.06. The molecule has 6 heteroatoms. The Morgan fingerprint density at radius 2 is 2.56 bits per heavy atom. The molecule has 0 saturated heterocycles. The quantitative estimate of drug-likeness (QED) is 0.732. The molecule has 0 aromatic carbocycles. The highest BCUT2D eigenvalue weighted by Crippen LogP contribution is 2.20. The lowest BCUT2D eigenvalue weighted by molar-refractivity contribution is -0.141. The molecule has 0 spiro atoms. The minimum atomic E-state index is -0.235. The molecule has 0 unspecified atom stereocenters. The van der Waals surface area contributed by atoms with Crippen LogP contribution in [-0.4, -0.2) is 40.7 Å². The standard InChI is InChI=1S/C10H11N3O2S/c1-15-10(14)7-13-4-2-8(3-5-13)9-6-11-12-16-9/h2-4,6H,5,7H2,1H3. The van der Waals surface area contributed by atoms with Crippen LogP contribution in [0.4, 0.5) is 0 Å². The van der Waals surface area contributed by atoms with Crippen molar-refractivity contribution in [3.8, 4) is 0 Å². The smallest absolute Gasteiger partial charge is 0.325 e. The molecule has 0 bridgehead atoms. The van der Waals surface area contributed by atoms with Crippen LogP contribution in [0, 0.1) is 0 Å². The zero-order chi connectivity index (χ0) is 11.4. The van der Waals surface area contributed by atoms with Crippen molar-refractivity contribution in [2.75, 3.05) is 20.2 Å². The van der Waals surface area contributed by atoms with Gasteiger partial charge in [0, 0.05) is 12.7 Å². The van der Waals surface area contributed by atoms with E-state index < -0.39 is 0 Å². The number of esters is 1. The first-order valence-electron chi connectivity index (χ1n) is 4.76. The Balaban J connectivity index is 1.96. The third-order valence-electron chi connectivity index (χ3n) is 2.22. The zero-order valence-corrected chi connectivity index (χ0v) is 9.61.